The van der Waals surface area contributed by atoms with Gasteiger partial charge in [0.15, 0.2) is 5.82 Å². The van der Waals surface area contributed by atoms with Gasteiger partial charge in [0.25, 0.3) is 11.8 Å². The lowest BCUT2D eigenvalue weighted by Crippen LogP contribution is -2.33. The molecule has 3 rings (SSSR count). The standard InChI is InChI=1S/C24H29N5O3/c1-5-17(3)25-22(30)18-9-11-19(12-10-18)23-27-21(28-32-23)13-14-29(4)24(31)26-20-8-6-7-16(2)15-20/h6-12,15,17H,5,13-14H2,1-4H3,(H,25,30)(H,26,31)/t17-/m0/s1. The average molecular weight is 436 g/mol. The third kappa shape index (κ3) is 6.16. The van der Waals surface area contributed by atoms with E-state index in [1.165, 1.54) is 0 Å². The lowest BCUT2D eigenvalue weighted by Gasteiger charge is -2.17. The molecule has 168 valence electrons. The molecule has 0 aliphatic heterocycles. The van der Waals surface area contributed by atoms with Gasteiger partial charge < -0.3 is 20.1 Å². The first-order valence-corrected chi connectivity index (χ1v) is 10.7. The maximum absolute atomic E-state index is 12.4. The predicted molar refractivity (Wildman–Crippen MR) is 123 cm³/mol. The molecule has 1 aromatic heterocycles. The first-order chi connectivity index (χ1) is 15.4. The molecule has 0 aliphatic carbocycles. The zero-order chi connectivity index (χ0) is 23.1. The molecule has 0 radical (unpaired) electrons. The van der Waals surface area contributed by atoms with Crippen LogP contribution in [0.25, 0.3) is 11.5 Å². The Bertz CT molecular complexity index is 1060. The van der Waals surface area contributed by atoms with Gasteiger partial charge in [0.2, 0.25) is 0 Å². The van der Waals surface area contributed by atoms with E-state index in [4.69, 9.17) is 4.52 Å². The molecule has 3 aromatic rings. The summed E-state index contributed by atoms with van der Waals surface area (Å²) in [7, 11) is 1.72. The number of hydrogen-bond acceptors (Lipinski definition) is 5. The monoisotopic (exact) mass is 435 g/mol. The number of nitrogens with zero attached hydrogens (tertiary/aromatic N) is 3. The Morgan fingerprint density at radius 3 is 2.59 bits per heavy atom. The summed E-state index contributed by atoms with van der Waals surface area (Å²) in [6.45, 7) is 6.40. The van der Waals surface area contributed by atoms with Gasteiger partial charge >= 0.3 is 6.03 Å². The highest BCUT2D eigenvalue weighted by atomic mass is 16.5. The van der Waals surface area contributed by atoms with Crippen LogP contribution in [-0.2, 0) is 6.42 Å². The predicted octanol–water partition coefficient (Wildman–Crippen LogP) is 4.28. The normalized spacial score (nSPS) is 11.6. The average Bonchev–Trinajstić information content (AvgIpc) is 3.26. The van der Waals surface area contributed by atoms with Crippen molar-refractivity contribution in [1.29, 1.82) is 0 Å². The first kappa shape index (κ1) is 23.0. The van der Waals surface area contributed by atoms with Gasteiger partial charge in [-0.05, 0) is 62.2 Å². The molecule has 0 saturated carbocycles. The zero-order valence-corrected chi connectivity index (χ0v) is 18.9. The van der Waals surface area contributed by atoms with Crippen LogP contribution in [-0.4, -0.2) is 46.6 Å². The van der Waals surface area contributed by atoms with Crippen molar-refractivity contribution in [3.8, 4) is 11.5 Å². The van der Waals surface area contributed by atoms with Gasteiger partial charge in [-0.25, -0.2) is 4.79 Å². The van der Waals surface area contributed by atoms with Gasteiger partial charge in [-0.3, -0.25) is 4.79 Å². The highest BCUT2D eigenvalue weighted by Gasteiger charge is 2.14. The Kier molecular flexibility index (Phi) is 7.59. The lowest BCUT2D eigenvalue weighted by molar-refractivity contribution is 0.0939. The summed E-state index contributed by atoms with van der Waals surface area (Å²) in [5.74, 6) is 0.777. The second-order valence-electron chi connectivity index (χ2n) is 7.85. The quantitative estimate of drug-likeness (QED) is 0.550. The maximum Gasteiger partial charge on any atom is 0.321 e. The molecule has 0 unspecified atom stereocenters. The molecule has 1 atom stereocenters. The van der Waals surface area contributed by atoms with Crippen LogP contribution in [0.15, 0.2) is 53.1 Å². The third-order valence-corrected chi connectivity index (χ3v) is 5.14. The number of nitrogens with one attached hydrogen (secondary N) is 2. The Morgan fingerprint density at radius 1 is 1.16 bits per heavy atom. The summed E-state index contributed by atoms with van der Waals surface area (Å²) in [4.78, 5) is 30.5. The lowest BCUT2D eigenvalue weighted by atomic mass is 10.1. The van der Waals surface area contributed by atoms with E-state index in [-0.39, 0.29) is 18.0 Å². The van der Waals surface area contributed by atoms with Crippen LogP contribution in [0.2, 0.25) is 0 Å². The number of likely N-dealkylation sites (N-methyl/N-ethyl adjacent to an activating group) is 1. The van der Waals surface area contributed by atoms with Crippen molar-refractivity contribution >= 4 is 17.6 Å². The molecular weight excluding hydrogens is 406 g/mol. The highest BCUT2D eigenvalue weighted by molar-refractivity contribution is 5.94. The fraction of sp³-hybridized carbons (Fsp3) is 0.333. The molecule has 32 heavy (non-hydrogen) atoms. The Morgan fingerprint density at radius 2 is 1.91 bits per heavy atom. The van der Waals surface area contributed by atoms with Crippen LogP contribution in [0.5, 0.6) is 0 Å². The van der Waals surface area contributed by atoms with E-state index in [1.54, 1.807) is 36.2 Å². The van der Waals surface area contributed by atoms with E-state index in [0.29, 0.717) is 30.2 Å². The fourth-order valence-corrected chi connectivity index (χ4v) is 2.96. The van der Waals surface area contributed by atoms with Crippen LogP contribution in [0, 0.1) is 6.92 Å². The van der Waals surface area contributed by atoms with Crippen molar-refractivity contribution in [2.45, 2.75) is 39.7 Å². The number of urea groups is 1. The molecule has 0 aliphatic rings. The Balaban J connectivity index is 1.54. The van der Waals surface area contributed by atoms with Crippen molar-refractivity contribution in [3.05, 3.63) is 65.5 Å². The number of amides is 3. The fourth-order valence-electron chi connectivity index (χ4n) is 2.96. The Labute approximate surface area is 188 Å². The molecule has 0 bridgehead atoms. The van der Waals surface area contributed by atoms with Gasteiger partial charge in [-0.15, -0.1) is 0 Å². The molecule has 0 spiro atoms. The summed E-state index contributed by atoms with van der Waals surface area (Å²) in [6, 6.07) is 14.6. The molecule has 8 nitrogen and oxygen atoms in total. The molecular formula is C24H29N5O3. The summed E-state index contributed by atoms with van der Waals surface area (Å²) < 4.78 is 5.35. The van der Waals surface area contributed by atoms with Crippen LogP contribution in [0.3, 0.4) is 0 Å². The van der Waals surface area contributed by atoms with Gasteiger partial charge in [-0.1, -0.05) is 24.2 Å². The number of hydrogen-bond donors (Lipinski definition) is 2. The summed E-state index contributed by atoms with van der Waals surface area (Å²) in [5, 5.41) is 9.81. The van der Waals surface area contributed by atoms with Crippen molar-refractivity contribution in [1.82, 2.24) is 20.4 Å². The molecule has 2 aromatic carbocycles. The van der Waals surface area contributed by atoms with E-state index in [0.717, 1.165) is 23.2 Å². The third-order valence-electron chi connectivity index (χ3n) is 5.14. The van der Waals surface area contributed by atoms with Gasteiger partial charge in [0.1, 0.15) is 0 Å². The minimum atomic E-state index is -0.203. The van der Waals surface area contributed by atoms with Crippen LogP contribution in [0.4, 0.5) is 10.5 Å². The number of rotatable bonds is 8. The van der Waals surface area contributed by atoms with Crippen molar-refractivity contribution < 1.29 is 14.1 Å². The molecule has 0 saturated heterocycles. The molecule has 2 N–H and O–H groups in total. The molecule has 3 amide bonds. The zero-order valence-electron chi connectivity index (χ0n) is 18.9. The minimum absolute atomic E-state index is 0.107. The SMILES string of the molecule is CC[C@H](C)NC(=O)c1ccc(-c2nc(CCN(C)C(=O)Nc3cccc(C)c3)no2)cc1. The number of carbonyl (C=O) groups is 2. The largest absolute Gasteiger partial charge is 0.350 e. The van der Waals surface area contributed by atoms with Crippen molar-refractivity contribution in [3.63, 3.8) is 0 Å². The highest BCUT2D eigenvalue weighted by Crippen LogP contribution is 2.18. The van der Waals surface area contributed by atoms with Gasteiger partial charge in [0.05, 0.1) is 0 Å². The van der Waals surface area contributed by atoms with Gasteiger partial charge in [-0.2, -0.15) is 4.98 Å². The summed E-state index contributed by atoms with van der Waals surface area (Å²) in [5.41, 5.74) is 3.14. The molecule has 8 heteroatoms. The van der Waals surface area contributed by atoms with E-state index in [2.05, 4.69) is 20.8 Å². The van der Waals surface area contributed by atoms with Crippen molar-refractivity contribution in [2.75, 3.05) is 18.9 Å². The maximum atomic E-state index is 12.4. The van der Waals surface area contributed by atoms with Crippen LogP contribution < -0.4 is 10.6 Å². The summed E-state index contributed by atoms with van der Waals surface area (Å²) >= 11 is 0. The first-order valence-electron chi connectivity index (χ1n) is 10.7. The minimum Gasteiger partial charge on any atom is -0.350 e. The van der Waals surface area contributed by atoms with Crippen LogP contribution >= 0.6 is 0 Å². The number of benzene rings is 2. The number of anilines is 1. The Hall–Kier alpha value is -3.68. The smallest absolute Gasteiger partial charge is 0.321 e. The number of aryl methyl sites for hydroxylation is 1. The second kappa shape index (κ2) is 10.6. The van der Waals surface area contributed by atoms with E-state index in [9.17, 15) is 9.59 Å². The van der Waals surface area contributed by atoms with E-state index in [1.807, 2.05) is 45.0 Å². The summed E-state index contributed by atoms with van der Waals surface area (Å²) in [6.07, 6.45) is 1.33. The number of aromatic nitrogens is 2. The number of carbonyl (C=O) groups excluding carboxylic acids is 2. The molecule has 0 fully saturated rings. The second-order valence-corrected chi connectivity index (χ2v) is 7.85. The van der Waals surface area contributed by atoms with E-state index < -0.39 is 0 Å². The van der Waals surface area contributed by atoms with Crippen LogP contribution in [0.1, 0.15) is 42.0 Å². The molecule has 1 heterocycles. The van der Waals surface area contributed by atoms with Gasteiger partial charge in [0, 0.05) is 42.9 Å². The van der Waals surface area contributed by atoms with Crippen molar-refractivity contribution in [2.24, 2.45) is 0 Å². The topological polar surface area (TPSA) is 100 Å². The van der Waals surface area contributed by atoms with E-state index >= 15 is 0 Å².